The van der Waals surface area contributed by atoms with E-state index >= 15 is 0 Å². The highest BCUT2D eigenvalue weighted by molar-refractivity contribution is 9.08. The molecule has 0 unspecified atom stereocenters. The first-order valence-corrected chi connectivity index (χ1v) is 7.63. The molecule has 3 heteroatoms. The Morgan fingerprint density at radius 1 is 0.800 bits per heavy atom. The Bertz CT molecular complexity index is 559. The molecule has 0 aromatic heterocycles. The first kappa shape index (κ1) is 16.3. The van der Waals surface area contributed by atoms with Crippen molar-refractivity contribution in [1.82, 2.24) is 0 Å². The van der Waals surface area contributed by atoms with Crippen LogP contribution < -0.4 is 0 Å². The molecule has 0 N–H and O–H groups in total. The molecule has 0 aliphatic rings. The second-order valence-electron chi connectivity index (χ2n) is 3.85. The number of hydrogen-bond donors (Lipinski definition) is 0. The highest BCUT2D eigenvalue weighted by Gasteiger charge is 2.17. The van der Waals surface area contributed by atoms with Crippen molar-refractivity contribution >= 4 is 27.5 Å². The normalized spacial score (nSPS) is 9.35. The lowest BCUT2D eigenvalue weighted by atomic mass is 10.0. The lowest BCUT2D eigenvalue weighted by Crippen LogP contribution is -2.14. The molecule has 0 aliphatic carbocycles. The molecule has 0 saturated carbocycles. The van der Waals surface area contributed by atoms with Crippen LogP contribution in [-0.4, -0.2) is 11.6 Å². The van der Waals surface area contributed by atoms with Crippen LogP contribution in [0.3, 0.4) is 0 Å². The van der Waals surface area contributed by atoms with E-state index in [1.807, 2.05) is 32.0 Å². The fraction of sp³-hybridized carbons (Fsp3) is 0.176. The van der Waals surface area contributed by atoms with Gasteiger partial charge in [-0.25, -0.2) is 0 Å². The quantitative estimate of drug-likeness (QED) is 0.463. The third kappa shape index (κ3) is 4.14. The van der Waals surface area contributed by atoms with Crippen molar-refractivity contribution < 1.29 is 9.59 Å². The maximum atomic E-state index is 12.0. The van der Waals surface area contributed by atoms with Crippen molar-refractivity contribution in [2.24, 2.45) is 0 Å². The van der Waals surface area contributed by atoms with Gasteiger partial charge in [-0.05, 0) is 5.56 Å². The lowest BCUT2D eigenvalue weighted by Gasteiger charge is -2.01. The summed E-state index contributed by atoms with van der Waals surface area (Å²) < 4.78 is 0. The number of ketones is 2. The van der Waals surface area contributed by atoms with Crippen LogP contribution in [0.4, 0.5) is 0 Å². The molecule has 0 radical (unpaired) electrons. The van der Waals surface area contributed by atoms with Crippen molar-refractivity contribution in [3.8, 4) is 0 Å². The average molecular weight is 333 g/mol. The van der Waals surface area contributed by atoms with Gasteiger partial charge in [0.2, 0.25) is 11.6 Å². The van der Waals surface area contributed by atoms with Crippen LogP contribution in [0.1, 0.15) is 40.1 Å². The van der Waals surface area contributed by atoms with Gasteiger partial charge in [-0.1, -0.05) is 84.4 Å². The average Bonchev–Trinajstić information content (AvgIpc) is 2.56. The van der Waals surface area contributed by atoms with Crippen LogP contribution in [-0.2, 0) is 5.33 Å². The standard InChI is InChI=1S/C15H11BrO2.C2H6/c16-10-11-6-8-13(9-7-11)15(18)14(17)12-4-2-1-3-5-12;1-2/h1-9H,10H2;1-2H3. The number of alkyl halides is 1. The van der Waals surface area contributed by atoms with Gasteiger partial charge in [0, 0.05) is 16.5 Å². The summed E-state index contributed by atoms with van der Waals surface area (Å²) in [6, 6.07) is 15.6. The summed E-state index contributed by atoms with van der Waals surface area (Å²) in [4.78, 5) is 23.9. The predicted octanol–water partition coefficient (Wildman–Crippen LogP) is 4.67. The van der Waals surface area contributed by atoms with Crippen molar-refractivity contribution in [2.75, 3.05) is 0 Å². The van der Waals surface area contributed by atoms with E-state index in [0.29, 0.717) is 11.1 Å². The van der Waals surface area contributed by atoms with Gasteiger partial charge in [0.1, 0.15) is 0 Å². The number of carbonyl (C=O) groups excluding carboxylic acids is 2. The molecule has 0 spiro atoms. The van der Waals surface area contributed by atoms with Gasteiger partial charge in [0.05, 0.1) is 0 Å². The molecule has 0 bridgehead atoms. The summed E-state index contributed by atoms with van der Waals surface area (Å²) in [6.07, 6.45) is 0. The Hall–Kier alpha value is -1.74. The molecule has 20 heavy (non-hydrogen) atoms. The Balaban J connectivity index is 0.000000956. The smallest absolute Gasteiger partial charge is 0.233 e. The van der Waals surface area contributed by atoms with E-state index in [1.165, 1.54) is 0 Å². The maximum absolute atomic E-state index is 12.0. The largest absolute Gasteiger partial charge is 0.285 e. The summed E-state index contributed by atoms with van der Waals surface area (Å²) in [6.45, 7) is 4.00. The first-order valence-electron chi connectivity index (χ1n) is 6.51. The molecule has 2 nitrogen and oxygen atoms in total. The van der Waals surface area contributed by atoms with Gasteiger partial charge in [-0.3, -0.25) is 9.59 Å². The Labute approximate surface area is 128 Å². The van der Waals surface area contributed by atoms with E-state index in [9.17, 15) is 9.59 Å². The Kier molecular flexibility index (Phi) is 6.88. The number of carbonyl (C=O) groups is 2. The van der Waals surface area contributed by atoms with Crippen LogP contribution in [0.5, 0.6) is 0 Å². The minimum Gasteiger partial charge on any atom is -0.285 e. The van der Waals surface area contributed by atoms with Crippen molar-refractivity contribution in [2.45, 2.75) is 19.2 Å². The van der Waals surface area contributed by atoms with E-state index in [-0.39, 0.29) is 0 Å². The van der Waals surface area contributed by atoms with Gasteiger partial charge in [0.15, 0.2) is 0 Å². The molecule has 104 valence electrons. The van der Waals surface area contributed by atoms with E-state index in [2.05, 4.69) is 15.9 Å². The monoisotopic (exact) mass is 332 g/mol. The summed E-state index contributed by atoms with van der Waals surface area (Å²) in [5.74, 6) is -0.940. The number of Topliss-reactive ketones (excluding diaryl/α,β-unsaturated/α-hetero) is 2. The highest BCUT2D eigenvalue weighted by atomic mass is 79.9. The fourth-order valence-electron chi connectivity index (χ4n) is 1.60. The molecule has 0 fully saturated rings. The van der Waals surface area contributed by atoms with Gasteiger partial charge in [0.25, 0.3) is 0 Å². The van der Waals surface area contributed by atoms with Crippen LogP contribution in [0, 0.1) is 0 Å². The zero-order chi connectivity index (χ0) is 15.0. The lowest BCUT2D eigenvalue weighted by molar-refractivity contribution is 0.0817. The van der Waals surface area contributed by atoms with Gasteiger partial charge >= 0.3 is 0 Å². The van der Waals surface area contributed by atoms with Crippen molar-refractivity contribution in [3.05, 3.63) is 71.3 Å². The van der Waals surface area contributed by atoms with Gasteiger partial charge < -0.3 is 0 Å². The minimum absolute atomic E-state index is 0.423. The van der Waals surface area contributed by atoms with Crippen molar-refractivity contribution in [1.29, 1.82) is 0 Å². The zero-order valence-electron chi connectivity index (χ0n) is 11.6. The van der Waals surface area contributed by atoms with Crippen LogP contribution >= 0.6 is 15.9 Å². The first-order chi connectivity index (χ1) is 9.72. The number of benzene rings is 2. The zero-order valence-corrected chi connectivity index (χ0v) is 13.2. The highest BCUT2D eigenvalue weighted by Crippen LogP contribution is 2.11. The summed E-state index contributed by atoms with van der Waals surface area (Å²) >= 11 is 3.33. The molecule has 0 atom stereocenters. The van der Waals surface area contributed by atoms with Crippen LogP contribution in [0.15, 0.2) is 54.6 Å². The molecule has 0 aliphatic heterocycles. The summed E-state index contributed by atoms with van der Waals surface area (Å²) in [5, 5.41) is 0.730. The van der Waals surface area contributed by atoms with E-state index in [1.54, 1.807) is 36.4 Å². The maximum Gasteiger partial charge on any atom is 0.233 e. The molecule has 0 saturated heterocycles. The van der Waals surface area contributed by atoms with Crippen molar-refractivity contribution in [3.63, 3.8) is 0 Å². The summed E-state index contributed by atoms with van der Waals surface area (Å²) in [7, 11) is 0. The minimum atomic E-state index is -0.470. The third-order valence-electron chi connectivity index (χ3n) is 2.61. The second kappa shape index (κ2) is 8.43. The summed E-state index contributed by atoms with van der Waals surface area (Å²) in [5.41, 5.74) is 1.92. The number of hydrogen-bond acceptors (Lipinski definition) is 2. The molecular formula is C17H17BrO2. The SMILES string of the molecule is CC.O=C(C(=O)c1ccc(CBr)cc1)c1ccccc1. The van der Waals surface area contributed by atoms with Gasteiger partial charge in [-0.2, -0.15) is 0 Å². The van der Waals surface area contributed by atoms with E-state index < -0.39 is 11.6 Å². The number of rotatable bonds is 4. The Morgan fingerprint density at radius 3 is 1.70 bits per heavy atom. The van der Waals surface area contributed by atoms with E-state index in [0.717, 1.165) is 10.9 Å². The Morgan fingerprint density at radius 2 is 1.25 bits per heavy atom. The van der Waals surface area contributed by atoms with Crippen LogP contribution in [0.25, 0.3) is 0 Å². The molecular weight excluding hydrogens is 316 g/mol. The second-order valence-corrected chi connectivity index (χ2v) is 4.42. The third-order valence-corrected chi connectivity index (χ3v) is 3.26. The molecule has 0 heterocycles. The van der Waals surface area contributed by atoms with Crippen LogP contribution in [0.2, 0.25) is 0 Å². The van der Waals surface area contributed by atoms with Gasteiger partial charge in [-0.15, -0.1) is 0 Å². The number of halogens is 1. The molecule has 0 amide bonds. The predicted molar refractivity (Wildman–Crippen MR) is 85.5 cm³/mol. The molecule has 2 aromatic rings. The molecule has 2 rings (SSSR count). The van der Waals surface area contributed by atoms with E-state index in [4.69, 9.17) is 0 Å². The topological polar surface area (TPSA) is 34.1 Å². The fourth-order valence-corrected chi connectivity index (χ4v) is 1.97. The molecule has 2 aromatic carbocycles.